The fraction of sp³-hybridized carbons (Fsp3) is 0.161. The lowest BCUT2D eigenvalue weighted by molar-refractivity contribution is -0.118. The molecule has 0 bridgehead atoms. The molecule has 2 aromatic heterocycles. The molecule has 41 heavy (non-hydrogen) atoms. The van der Waals surface area contributed by atoms with Crippen LogP contribution in [0.1, 0.15) is 22.6 Å². The number of ether oxygens (including phenoxy) is 1. The van der Waals surface area contributed by atoms with Crippen molar-refractivity contribution >= 4 is 17.3 Å². The SMILES string of the molecule is [C-]#[N+]c1ccc(Cn2cncc2CC(=O)N2Cc3nc(-c4ccccc4OC)cn3Cc3cc(F)c(F)cc32)cc1. The number of nitrogens with zero attached hydrogens (tertiary/aromatic N) is 6. The Labute approximate surface area is 234 Å². The minimum absolute atomic E-state index is 0.0152. The van der Waals surface area contributed by atoms with Gasteiger partial charge in [-0.2, -0.15) is 0 Å². The Morgan fingerprint density at radius 2 is 1.85 bits per heavy atom. The van der Waals surface area contributed by atoms with E-state index in [1.807, 2.05) is 51.7 Å². The smallest absolute Gasteiger partial charge is 0.233 e. The van der Waals surface area contributed by atoms with E-state index in [2.05, 4.69) is 9.83 Å². The molecule has 0 atom stereocenters. The highest BCUT2D eigenvalue weighted by atomic mass is 19.2. The molecule has 6 rings (SSSR count). The van der Waals surface area contributed by atoms with Gasteiger partial charge in [0.15, 0.2) is 17.3 Å². The van der Waals surface area contributed by atoms with Gasteiger partial charge in [-0.1, -0.05) is 36.4 Å². The second-order valence-electron chi connectivity index (χ2n) is 9.71. The summed E-state index contributed by atoms with van der Waals surface area (Å²) in [5.74, 6) is -1.09. The number of carbonyl (C=O) groups excluding carboxylic acids is 1. The normalized spacial score (nSPS) is 12.3. The highest BCUT2D eigenvalue weighted by molar-refractivity contribution is 5.95. The van der Waals surface area contributed by atoms with Gasteiger partial charge in [-0.15, -0.1) is 0 Å². The molecule has 8 nitrogen and oxygen atoms in total. The Bertz CT molecular complexity index is 1800. The van der Waals surface area contributed by atoms with Gasteiger partial charge in [0.1, 0.15) is 11.6 Å². The van der Waals surface area contributed by atoms with Crippen LogP contribution in [-0.2, 0) is 30.8 Å². The molecule has 3 aromatic carbocycles. The third-order valence-corrected chi connectivity index (χ3v) is 7.14. The van der Waals surface area contributed by atoms with Crippen LogP contribution in [0.4, 0.5) is 20.2 Å². The maximum absolute atomic E-state index is 14.5. The number of anilines is 1. The van der Waals surface area contributed by atoms with Crippen molar-refractivity contribution in [1.82, 2.24) is 19.1 Å². The van der Waals surface area contributed by atoms with Crippen LogP contribution in [0, 0.1) is 18.2 Å². The van der Waals surface area contributed by atoms with Crippen LogP contribution in [0.3, 0.4) is 0 Å². The summed E-state index contributed by atoms with van der Waals surface area (Å²) in [7, 11) is 1.58. The van der Waals surface area contributed by atoms with Gasteiger partial charge in [0.2, 0.25) is 5.91 Å². The molecule has 204 valence electrons. The first-order chi connectivity index (χ1) is 19.9. The summed E-state index contributed by atoms with van der Waals surface area (Å²) >= 11 is 0. The van der Waals surface area contributed by atoms with E-state index in [1.165, 1.54) is 4.90 Å². The fourth-order valence-corrected chi connectivity index (χ4v) is 5.05. The average molecular weight is 551 g/mol. The number of benzene rings is 3. The van der Waals surface area contributed by atoms with E-state index in [0.29, 0.717) is 46.4 Å². The number of halogens is 2. The second-order valence-corrected chi connectivity index (χ2v) is 9.71. The van der Waals surface area contributed by atoms with E-state index in [4.69, 9.17) is 16.3 Å². The Kier molecular flexibility index (Phi) is 6.77. The predicted molar refractivity (Wildman–Crippen MR) is 149 cm³/mol. The average Bonchev–Trinajstić information content (AvgIpc) is 3.56. The summed E-state index contributed by atoms with van der Waals surface area (Å²) < 4.78 is 38.0. The molecule has 0 spiro atoms. The molecule has 0 radical (unpaired) electrons. The number of methoxy groups -OCH3 is 1. The van der Waals surface area contributed by atoms with Crippen molar-refractivity contribution in [3.05, 3.63) is 125 Å². The molecule has 0 N–H and O–H groups in total. The molecule has 10 heteroatoms. The summed E-state index contributed by atoms with van der Waals surface area (Å²) in [5, 5.41) is 0. The zero-order valence-electron chi connectivity index (χ0n) is 22.1. The first kappa shape index (κ1) is 26.0. The lowest BCUT2D eigenvalue weighted by atomic mass is 10.1. The van der Waals surface area contributed by atoms with Gasteiger partial charge in [0.25, 0.3) is 0 Å². The van der Waals surface area contributed by atoms with Gasteiger partial charge in [-0.05, 0) is 29.3 Å². The van der Waals surface area contributed by atoms with Gasteiger partial charge in [-0.3, -0.25) is 4.79 Å². The van der Waals surface area contributed by atoms with Crippen LogP contribution < -0.4 is 9.64 Å². The molecule has 5 aromatic rings. The largest absolute Gasteiger partial charge is 0.496 e. The number of aromatic nitrogens is 4. The maximum Gasteiger partial charge on any atom is 0.233 e. The van der Waals surface area contributed by atoms with Crippen LogP contribution in [0.25, 0.3) is 16.1 Å². The number of fused-ring (bicyclic) bond motifs is 2. The van der Waals surface area contributed by atoms with Crippen molar-refractivity contribution < 1.29 is 18.3 Å². The summed E-state index contributed by atoms with van der Waals surface area (Å²) in [6.07, 6.45) is 5.08. The minimum atomic E-state index is -1.02. The summed E-state index contributed by atoms with van der Waals surface area (Å²) in [4.78, 5) is 27.7. The summed E-state index contributed by atoms with van der Waals surface area (Å²) in [5.41, 5.74) is 4.37. The van der Waals surface area contributed by atoms with Crippen molar-refractivity contribution in [1.29, 1.82) is 0 Å². The lowest BCUT2D eigenvalue weighted by Crippen LogP contribution is -2.33. The molecule has 0 unspecified atom stereocenters. The molecule has 0 aliphatic carbocycles. The standard InChI is InChI=1S/C31H24F2N6O2/c1-34-22-9-7-20(8-10-22)15-38-19-35-14-23(38)12-31(40)39-18-30-36-27(24-5-3-4-6-29(24)41-2)17-37(30)16-21-11-25(32)26(33)13-28(21)39/h3-11,13-14,17,19H,12,15-16,18H2,2H3. The number of carbonyl (C=O) groups is 1. The molecule has 0 fully saturated rings. The van der Waals surface area contributed by atoms with Gasteiger partial charge < -0.3 is 18.8 Å². The number of hydrogen-bond donors (Lipinski definition) is 0. The minimum Gasteiger partial charge on any atom is -0.496 e. The highest BCUT2D eigenvalue weighted by Gasteiger charge is 2.28. The van der Waals surface area contributed by atoms with Crippen LogP contribution in [0.15, 0.2) is 79.4 Å². The molecule has 1 aliphatic heterocycles. The summed E-state index contributed by atoms with van der Waals surface area (Å²) in [6, 6.07) is 16.9. The highest BCUT2D eigenvalue weighted by Crippen LogP contribution is 2.34. The van der Waals surface area contributed by atoms with E-state index in [9.17, 15) is 13.6 Å². The van der Waals surface area contributed by atoms with Crippen molar-refractivity contribution in [2.45, 2.75) is 26.1 Å². The molecule has 1 amide bonds. The topological polar surface area (TPSA) is 69.5 Å². The van der Waals surface area contributed by atoms with Gasteiger partial charge in [0.05, 0.1) is 50.9 Å². The van der Waals surface area contributed by atoms with Gasteiger partial charge in [-0.25, -0.2) is 23.6 Å². The quantitative estimate of drug-likeness (QED) is 0.252. The number of rotatable bonds is 6. The van der Waals surface area contributed by atoms with Crippen LogP contribution >= 0.6 is 0 Å². The number of amides is 1. The van der Waals surface area contributed by atoms with Crippen molar-refractivity contribution in [3.63, 3.8) is 0 Å². The van der Waals surface area contributed by atoms with E-state index in [-0.39, 0.29) is 25.4 Å². The fourth-order valence-electron chi connectivity index (χ4n) is 5.05. The van der Waals surface area contributed by atoms with Crippen molar-refractivity contribution in [3.8, 4) is 17.0 Å². The van der Waals surface area contributed by atoms with Crippen LogP contribution in [-0.4, -0.2) is 32.1 Å². The van der Waals surface area contributed by atoms with E-state index < -0.39 is 11.6 Å². The van der Waals surface area contributed by atoms with E-state index in [1.54, 1.807) is 31.8 Å². The molecule has 0 saturated heterocycles. The Morgan fingerprint density at radius 1 is 1.07 bits per heavy atom. The number of imidazole rings is 2. The molecular weight excluding hydrogens is 526 g/mol. The van der Waals surface area contributed by atoms with Crippen molar-refractivity contribution in [2.24, 2.45) is 0 Å². The van der Waals surface area contributed by atoms with Crippen LogP contribution in [0.2, 0.25) is 0 Å². The number of para-hydroxylation sites is 1. The molecule has 1 aliphatic rings. The molecule has 0 saturated carbocycles. The van der Waals surface area contributed by atoms with Crippen molar-refractivity contribution in [2.75, 3.05) is 12.0 Å². The van der Waals surface area contributed by atoms with E-state index in [0.717, 1.165) is 23.3 Å². The van der Waals surface area contributed by atoms with Crippen LogP contribution in [0.5, 0.6) is 5.75 Å². The first-order valence-electron chi connectivity index (χ1n) is 12.9. The Morgan fingerprint density at radius 3 is 2.63 bits per heavy atom. The van der Waals surface area contributed by atoms with Gasteiger partial charge >= 0.3 is 0 Å². The zero-order valence-corrected chi connectivity index (χ0v) is 22.1. The lowest BCUT2D eigenvalue weighted by Gasteiger charge is -2.23. The van der Waals surface area contributed by atoms with E-state index >= 15 is 0 Å². The zero-order chi connectivity index (χ0) is 28.5. The number of hydrogen-bond acceptors (Lipinski definition) is 4. The monoisotopic (exact) mass is 550 g/mol. The third kappa shape index (κ3) is 5.05. The van der Waals surface area contributed by atoms with Gasteiger partial charge in [0, 0.05) is 36.3 Å². The third-order valence-electron chi connectivity index (χ3n) is 7.14. The molecular formula is C31H24F2N6O2. The predicted octanol–water partition coefficient (Wildman–Crippen LogP) is 5.77. The maximum atomic E-state index is 14.5. The summed E-state index contributed by atoms with van der Waals surface area (Å²) in [6.45, 7) is 7.88. The molecule has 3 heterocycles. The first-order valence-corrected chi connectivity index (χ1v) is 12.9. The Balaban J connectivity index is 1.33. The Hall–Kier alpha value is -5.30. The second kappa shape index (κ2) is 10.7.